The number of primary amides is 1. The Bertz CT molecular complexity index is 1820. The number of carbonyl (C=O) groups excluding carboxylic acids is 5. The molecule has 298 valence electrons. The molecule has 0 radical (unpaired) electrons. The molecule has 5 atom stereocenters. The molecule has 4 rings (SSSR count). The number of nitrogens with two attached hydrogens (primary N) is 2. The highest BCUT2D eigenvalue weighted by Crippen LogP contribution is 2.30. The number of hydrogen-bond donors (Lipinski definition) is 6. The maximum absolute atomic E-state index is 14.0. The Hall–Kier alpha value is -4.66. The van der Waals surface area contributed by atoms with Crippen molar-refractivity contribution in [1.29, 1.82) is 0 Å². The minimum absolute atomic E-state index is 0.00302. The molecule has 1 fully saturated rings. The topological polar surface area (TPSA) is 210 Å². The number of hydrogen-bond acceptors (Lipinski definition) is 9. The predicted molar refractivity (Wildman–Crippen MR) is 215 cm³/mol. The third-order valence-corrected chi connectivity index (χ3v) is 11.1. The summed E-state index contributed by atoms with van der Waals surface area (Å²) in [7, 11) is 0. The Labute approximate surface area is 328 Å². The Morgan fingerprint density at radius 2 is 1.71 bits per heavy atom. The highest BCUT2D eigenvalue weighted by atomic mass is 32.1. The summed E-state index contributed by atoms with van der Waals surface area (Å²) >= 11 is 1.57. The second-order valence-corrected chi connectivity index (χ2v) is 16.5. The SMILES string of the molecule is Cc1ncsc1-c1ccc([C@H](C)NC(=O)[C@@H]2C[C@@H](O)CN2C(=O)[C@@H](NC(=O)CCCCCc2cccc(NC(=O)[C@@H](N)CCC(N)=O)c2C)C(C)(C)C)cc1. The Morgan fingerprint density at radius 1 is 1.00 bits per heavy atom. The molecule has 0 spiro atoms. The second kappa shape index (κ2) is 19.3. The van der Waals surface area contributed by atoms with Gasteiger partial charge in [-0.2, -0.15) is 0 Å². The third-order valence-electron chi connectivity index (χ3n) is 10.2. The summed E-state index contributed by atoms with van der Waals surface area (Å²) in [5, 5.41) is 19.4. The van der Waals surface area contributed by atoms with E-state index in [-0.39, 0.29) is 56.0 Å². The summed E-state index contributed by atoms with van der Waals surface area (Å²) < 4.78 is 0. The number of benzene rings is 2. The predicted octanol–water partition coefficient (Wildman–Crippen LogP) is 4.43. The van der Waals surface area contributed by atoms with E-state index in [1.165, 1.54) is 4.90 Å². The van der Waals surface area contributed by atoms with Crippen LogP contribution < -0.4 is 27.4 Å². The number of carbonyl (C=O) groups is 5. The van der Waals surface area contributed by atoms with Crippen molar-refractivity contribution in [3.05, 3.63) is 70.4 Å². The van der Waals surface area contributed by atoms with Crippen molar-refractivity contribution in [1.82, 2.24) is 20.5 Å². The normalized spacial score (nSPS) is 17.3. The first-order valence-corrected chi connectivity index (χ1v) is 19.9. The van der Waals surface area contributed by atoms with E-state index in [4.69, 9.17) is 11.5 Å². The van der Waals surface area contributed by atoms with Gasteiger partial charge < -0.3 is 37.4 Å². The number of unbranched alkanes of at least 4 members (excludes halogenated alkanes) is 2. The molecule has 5 amide bonds. The molecule has 0 bridgehead atoms. The van der Waals surface area contributed by atoms with Crippen LogP contribution in [0.2, 0.25) is 0 Å². The van der Waals surface area contributed by atoms with Crippen molar-refractivity contribution in [2.45, 2.75) is 123 Å². The van der Waals surface area contributed by atoms with Crippen LogP contribution in [0, 0.1) is 19.3 Å². The number of anilines is 1. The fraction of sp³-hybridized carbons (Fsp3) is 0.512. The van der Waals surface area contributed by atoms with Gasteiger partial charge in [0.25, 0.3) is 0 Å². The van der Waals surface area contributed by atoms with Crippen molar-refractivity contribution >= 4 is 46.6 Å². The Balaban J connectivity index is 1.28. The quantitative estimate of drug-likeness (QED) is 0.108. The number of aryl methyl sites for hydroxylation is 2. The van der Waals surface area contributed by atoms with Gasteiger partial charge in [0.05, 0.1) is 34.3 Å². The van der Waals surface area contributed by atoms with Crippen LogP contribution in [-0.2, 0) is 30.4 Å². The lowest BCUT2D eigenvalue weighted by Gasteiger charge is -2.35. The van der Waals surface area contributed by atoms with Crippen LogP contribution in [0.25, 0.3) is 10.4 Å². The van der Waals surface area contributed by atoms with Gasteiger partial charge in [0.2, 0.25) is 29.5 Å². The van der Waals surface area contributed by atoms with Gasteiger partial charge in [-0.25, -0.2) is 4.98 Å². The van der Waals surface area contributed by atoms with Crippen LogP contribution in [0.15, 0.2) is 48.0 Å². The van der Waals surface area contributed by atoms with Gasteiger partial charge in [-0.1, -0.05) is 63.6 Å². The number of aliphatic hydroxyl groups is 1. The average Bonchev–Trinajstić information content (AvgIpc) is 3.75. The maximum Gasteiger partial charge on any atom is 0.246 e. The first-order chi connectivity index (χ1) is 26.0. The lowest BCUT2D eigenvalue weighted by molar-refractivity contribution is -0.144. The molecule has 0 aliphatic carbocycles. The summed E-state index contributed by atoms with van der Waals surface area (Å²) in [5.74, 6) is -1.90. The first kappa shape index (κ1) is 43.1. The molecule has 0 saturated carbocycles. The molecule has 2 aromatic carbocycles. The van der Waals surface area contributed by atoms with E-state index in [9.17, 15) is 29.1 Å². The monoisotopic (exact) mass is 775 g/mol. The Morgan fingerprint density at radius 3 is 2.35 bits per heavy atom. The molecule has 1 aliphatic rings. The fourth-order valence-corrected chi connectivity index (χ4v) is 7.58. The number of likely N-dealkylation sites (tertiary alicyclic amines) is 1. The number of β-amino-alcohol motifs (C(OH)–C–C–N with tert-alkyl or cyclic N) is 1. The fourth-order valence-electron chi connectivity index (χ4n) is 6.77. The van der Waals surface area contributed by atoms with Crippen molar-refractivity contribution in [2.24, 2.45) is 16.9 Å². The molecule has 2 heterocycles. The van der Waals surface area contributed by atoms with E-state index < -0.39 is 41.5 Å². The molecule has 3 aromatic rings. The van der Waals surface area contributed by atoms with E-state index in [1.54, 1.807) is 17.4 Å². The number of nitrogens with zero attached hydrogens (tertiary/aromatic N) is 2. The van der Waals surface area contributed by atoms with Gasteiger partial charge >= 0.3 is 0 Å². The highest BCUT2D eigenvalue weighted by Gasteiger charge is 2.44. The molecule has 55 heavy (non-hydrogen) atoms. The van der Waals surface area contributed by atoms with Gasteiger partial charge in [-0.15, -0.1) is 11.3 Å². The van der Waals surface area contributed by atoms with E-state index >= 15 is 0 Å². The van der Waals surface area contributed by atoms with Crippen LogP contribution in [0.3, 0.4) is 0 Å². The standard InChI is InChI=1S/C41H57N7O6S/c1-24-27(12-10-13-32(24)46-38(52)31(42)19-20-34(43)50)11-8-7-9-14-35(51)47-37(41(4,5)6)40(54)48-22-30(49)21-33(48)39(53)45-25(2)28-15-17-29(18-16-28)36-26(3)44-23-55-36/h10,12-13,15-18,23,25,30-31,33,37,49H,7-9,11,14,19-22,42H2,1-6H3,(H2,43,50)(H,45,53)(H,46,52)(H,47,51)/t25-,30+,31-,33-,37+/m0/s1. The number of aliphatic hydroxyl groups excluding tert-OH is 1. The van der Waals surface area contributed by atoms with Crippen molar-refractivity contribution < 1.29 is 29.1 Å². The third kappa shape index (κ3) is 11.9. The summed E-state index contributed by atoms with van der Waals surface area (Å²) in [6.45, 7) is 11.4. The summed E-state index contributed by atoms with van der Waals surface area (Å²) in [4.78, 5) is 71.2. The Kier molecular flexibility index (Phi) is 15.1. The van der Waals surface area contributed by atoms with Crippen LogP contribution in [0.5, 0.6) is 0 Å². The molecule has 13 nitrogen and oxygen atoms in total. The van der Waals surface area contributed by atoms with E-state index in [2.05, 4.69) is 20.9 Å². The molecular formula is C41H57N7O6S. The van der Waals surface area contributed by atoms with Gasteiger partial charge in [0, 0.05) is 31.5 Å². The number of thiazole rings is 1. The summed E-state index contributed by atoms with van der Waals surface area (Å²) in [6, 6.07) is 10.6. The van der Waals surface area contributed by atoms with Crippen LogP contribution in [0.4, 0.5) is 5.69 Å². The molecule has 1 aliphatic heterocycles. The molecule has 0 unspecified atom stereocenters. The second-order valence-electron chi connectivity index (χ2n) is 15.6. The maximum atomic E-state index is 14.0. The molecule has 1 aromatic heterocycles. The van der Waals surface area contributed by atoms with Gasteiger partial charge in [0.1, 0.15) is 12.1 Å². The molecule has 14 heteroatoms. The lowest BCUT2D eigenvalue weighted by atomic mass is 9.85. The van der Waals surface area contributed by atoms with Crippen LogP contribution in [-0.4, -0.2) is 75.3 Å². The van der Waals surface area contributed by atoms with Gasteiger partial charge in [-0.05, 0) is 80.2 Å². The molecular weight excluding hydrogens is 719 g/mol. The van der Waals surface area contributed by atoms with Gasteiger partial charge in [0.15, 0.2) is 0 Å². The smallest absolute Gasteiger partial charge is 0.246 e. The molecule has 8 N–H and O–H groups in total. The number of rotatable bonds is 17. The van der Waals surface area contributed by atoms with E-state index in [0.29, 0.717) is 12.1 Å². The first-order valence-electron chi connectivity index (χ1n) is 19.0. The zero-order valence-electron chi connectivity index (χ0n) is 32.8. The highest BCUT2D eigenvalue weighted by molar-refractivity contribution is 7.13. The largest absolute Gasteiger partial charge is 0.391 e. The minimum atomic E-state index is -0.898. The number of aromatic nitrogens is 1. The number of nitrogens with one attached hydrogen (secondary N) is 3. The van der Waals surface area contributed by atoms with Crippen LogP contribution >= 0.6 is 11.3 Å². The molecule has 1 saturated heterocycles. The minimum Gasteiger partial charge on any atom is -0.391 e. The summed E-state index contributed by atoms with van der Waals surface area (Å²) in [5.41, 5.74) is 17.8. The van der Waals surface area contributed by atoms with Crippen molar-refractivity contribution in [2.75, 3.05) is 11.9 Å². The van der Waals surface area contributed by atoms with Gasteiger partial charge in [-0.3, -0.25) is 24.0 Å². The zero-order chi connectivity index (χ0) is 40.4. The van der Waals surface area contributed by atoms with Crippen LogP contribution in [0.1, 0.15) is 101 Å². The van der Waals surface area contributed by atoms with Crippen molar-refractivity contribution in [3.8, 4) is 10.4 Å². The zero-order valence-corrected chi connectivity index (χ0v) is 33.6. The lowest BCUT2D eigenvalue weighted by Crippen LogP contribution is -2.57. The van der Waals surface area contributed by atoms with E-state index in [1.807, 2.05) is 83.5 Å². The van der Waals surface area contributed by atoms with E-state index in [0.717, 1.165) is 52.1 Å². The number of amides is 5. The summed E-state index contributed by atoms with van der Waals surface area (Å²) in [6.07, 6.45) is 2.60. The van der Waals surface area contributed by atoms with Crippen molar-refractivity contribution in [3.63, 3.8) is 0 Å². The average molecular weight is 776 g/mol.